The quantitative estimate of drug-likeness (QED) is 0.909. The van der Waals surface area contributed by atoms with Gasteiger partial charge in [0.2, 0.25) is 0 Å². The molecule has 0 saturated carbocycles. The molecular weight excluding hydrogens is 272 g/mol. The summed E-state index contributed by atoms with van der Waals surface area (Å²) in [6, 6.07) is 14.9. The van der Waals surface area contributed by atoms with Crippen LogP contribution in [0.1, 0.15) is 17.2 Å². The first-order valence-corrected chi connectivity index (χ1v) is 6.58. The maximum atomic E-state index is 9.34. The molecular formula is C16H15ClN2O. The number of hydrogen-bond donors (Lipinski definition) is 1. The van der Waals surface area contributed by atoms with Gasteiger partial charge in [-0.2, -0.15) is 5.26 Å². The van der Waals surface area contributed by atoms with E-state index in [1.54, 1.807) is 7.11 Å². The molecule has 20 heavy (non-hydrogen) atoms. The van der Waals surface area contributed by atoms with Gasteiger partial charge in [-0.3, -0.25) is 0 Å². The highest BCUT2D eigenvalue weighted by atomic mass is 35.5. The van der Waals surface area contributed by atoms with Gasteiger partial charge in [-0.15, -0.1) is 0 Å². The van der Waals surface area contributed by atoms with E-state index in [0.29, 0.717) is 5.02 Å². The summed E-state index contributed by atoms with van der Waals surface area (Å²) < 4.78 is 5.17. The van der Waals surface area contributed by atoms with E-state index in [1.807, 2.05) is 49.4 Å². The van der Waals surface area contributed by atoms with Gasteiger partial charge in [0.25, 0.3) is 0 Å². The Bertz CT molecular complexity index is 649. The minimum Gasteiger partial charge on any atom is -0.497 e. The number of nitrogens with zero attached hydrogens (tertiary/aromatic N) is 1. The van der Waals surface area contributed by atoms with Crippen LogP contribution in [0.5, 0.6) is 5.75 Å². The van der Waals surface area contributed by atoms with Crippen LogP contribution in [0.15, 0.2) is 42.5 Å². The molecule has 0 amide bonds. The molecule has 0 spiro atoms. The Labute approximate surface area is 123 Å². The van der Waals surface area contributed by atoms with Crippen LogP contribution in [0.4, 0.5) is 5.69 Å². The number of methoxy groups -OCH3 is 1. The number of nitrogens with one attached hydrogen (secondary N) is 1. The fraction of sp³-hybridized carbons (Fsp3) is 0.188. The van der Waals surface area contributed by atoms with E-state index >= 15 is 0 Å². The Kier molecular flexibility index (Phi) is 4.49. The lowest BCUT2D eigenvalue weighted by molar-refractivity contribution is 0.415. The number of benzene rings is 2. The fourth-order valence-corrected chi connectivity index (χ4v) is 2.05. The van der Waals surface area contributed by atoms with Gasteiger partial charge in [0, 0.05) is 16.8 Å². The van der Waals surface area contributed by atoms with Crippen LogP contribution in [0.25, 0.3) is 0 Å². The molecule has 1 N–H and O–H groups in total. The molecule has 1 atom stereocenters. The van der Waals surface area contributed by atoms with Crippen molar-refractivity contribution >= 4 is 17.3 Å². The van der Waals surface area contributed by atoms with E-state index < -0.39 is 6.04 Å². The van der Waals surface area contributed by atoms with Crippen molar-refractivity contribution in [1.82, 2.24) is 0 Å². The zero-order chi connectivity index (χ0) is 14.5. The Balaban J connectivity index is 2.24. The van der Waals surface area contributed by atoms with E-state index in [-0.39, 0.29) is 0 Å². The minimum absolute atomic E-state index is 0.458. The zero-order valence-electron chi connectivity index (χ0n) is 11.4. The zero-order valence-corrected chi connectivity index (χ0v) is 12.1. The van der Waals surface area contributed by atoms with Crippen LogP contribution >= 0.6 is 11.6 Å². The van der Waals surface area contributed by atoms with Gasteiger partial charge >= 0.3 is 0 Å². The second kappa shape index (κ2) is 6.31. The number of anilines is 1. The van der Waals surface area contributed by atoms with Gasteiger partial charge in [0.1, 0.15) is 11.8 Å². The van der Waals surface area contributed by atoms with E-state index in [0.717, 1.165) is 22.6 Å². The number of rotatable bonds is 4. The summed E-state index contributed by atoms with van der Waals surface area (Å²) >= 11 is 6.11. The van der Waals surface area contributed by atoms with Gasteiger partial charge in [-0.05, 0) is 36.2 Å². The lowest BCUT2D eigenvalue weighted by atomic mass is 10.1. The van der Waals surface area contributed by atoms with Crippen LogP contribution in [0.3, 0.4) is 0 Å². The lowest BCUT2D eigenvalue weighted by Crippen LogP contribution is -2.08. The standard InChI is InChI=1S/C16H15ClN2O/c1-11-6-7-12(8-15(11)17)16(10-18)19-13-4-3-5-14(9-13)20-2/h3-9,16,19H,1-2H3. The highest BCUT2D eigenvalue weighted by Crippen LogP contribution is 2.25. The lowest BCUT2D eigenvalue weighted by Gasteiger charge is -2.15. The second-order valence-corrected chi connectivity index (χ2v) is 4.85. The molecule has 0 aliphatic heterocycles. The summed E-state index contributed by atoms with van der Waals surface area (Å²) in [6.07, 6.45) is 0. The Morgan fingerprint density at radius 2 is 2.05 bits per heavy atom. The third-order valence-corrected chi connectivity index (χ3v) is 3.45. The van der Waals surface area contributed by atoms with Crippen molar-refractivity contribution in [3.05, 3.63) is 58.6 Å². The highest BCUT2D eigenvalue weighted by Gasteiger charge is 2.11. The van der Waals surface area contributed by atoms with Gasteiger partial charge in [-0.25, -0.2) is 0 Å². The second-order valence-electron chi connectivity index (χ2n) is 4.45. The molecule has 3 nitrogen and oxygen atoms in total. The molecule has 0 heterocycles. The topological polar surface area (TPSA) is 45.0 Å². The number of aryl methyl sites for hydroxylation is 1. The smallest absolute Gasteiger partial charge is 0.140 e. The Morgan fingerprint density at radius 1 is 1.25 bits per heavy atom. The number of nitriles is 1. The molecule has 0 aromatic heterocycles. The van der Waals surface area contributed by atoms with Crippen molar-refractivity contribution in [3.63, 3.8) is 0 Å². The van der Waals surface area contributed by atoms with Crippen molar-refractivity contribution in [1.29, 1.82) is 5.26 Å². The van der Waals surface area contributed by atoms with Crippen LogP contribution in [0, 0.1) is 18.3 Å². The third-order valence-electron chi connectivity index (χ3n) is 3.04. The first kappa shape index (κ1) is 14.2. The van der Waals surface area contributed by atoms with Gasteiger partial charge < -0.3 is 10.1 Å². The summed E-state index contributed by atoms with van der Waals surface area (Å²) in [4.78, 5) is 0. The molecule has 0 aliphatic rings. The summed E-state index contributed by atoms with van der Waals surface area (Å²) in [5.74, 6) is 0.744. The van der Waals surface area contributed by atoms with Crippen molar-refractivity contribution in [3.8, 4) is 11.8 Å². The maximum Gasteiger partial charge on any atom is 0.140 e. The monoisotopic (exact) mass is 286 g/mol. The molecule has 2 rings (SSSR count). The molecule has 0 saturated heterocycles. The number of hydrogen-bond acceptors (Lipinski definition) is 3. The first-order valence-electron chi connectivity index (χ1n) is 6.20. The minimum atomic E-state index is -0.458. The Morgan fingerprint density at radius 3 is 2.70 bits per heavy atom. The summed E-state index contributed by atoms with van der Waals surface area (Å²) in [5, 5.41) is 13.2. The van der Waals surface area contributed by atoms with E-state index in [9.17, 15) is 5.26 Å². The molecule has 4 heteroatoms. The van der Waals surface area contributed by atoms with Crippen molar-refractivity contribution in [2.45, 2.75) is 13.0 Å². The fourth-order valence-electron chi connectivity index (χ4n) is 1.86. The number of halogens is 1. The van der Waals surface area contributed by atoms with Crippen LogP contribution in [-0.4, -0.2) is 7.11 Å². The molecule has 102 valence electrons. The normalized spacial score (nSPS) is 11.5. The third kappa shape index (κ3) is 3.23. The van der Waals surface area contributed by atoms with Crippen molar-refractivity contribution < 1.29 is 4.74 Å². The van der Waals surface area contributed by atoms with Crippen LogP contribution in [0.2, 0.25) is 5.02 Å². The average Bonchev–Trinajstić information content (AvgIpc) is 2.48. The van der Waals surface area contributed by atoms with E-state index in [2.05, 4.69) is 11.4 Å². The van der Waals surface area contributed by atoms with Gasteiger partial charge in [-0.1, -0.05) is 29.8 Å². The molecule has 1 unspecified atom stereocenters. The largest absolute Gasteiger partial charge is 0.497 e. The summed E-state index contributed by atoms with van der Waals surface area (Å²) in [6.45, 7) is 1.93. The highest BCUT2D eigenvalue weighted by molar-refractivity contribution is 6.31. The predicted molar refractivity (Wildman–Crippen MR) is 81.2 cm³/mol. The van der Waals surface area contributed by atoms with Gasteiger partial charge in [0.05, 0.1) is 13.2 Å². The van der Waals surface area contributed by atoms with Crippen LogP contribution in [-0.2, 0) is 0 Å². The Hall–Kier alpha value is -2.18. The maximum absolute atomic E-state index is 9.34. The predicted octanol–water partition coefficient (Wildman–Crippen LogP) is 4.33. The van der Waals surface area contributed by atoms with E-state index in [4.69, 9.17) is 16.3 Å². The van der Waals surface area contributed by atoms with Crippen molar-refractivity contribution in [2.75, 3.05) is 12.4 Å². The van der Waals surface area contributed by atoms with Crippen LogP contribution < -0.4 is 10.1 Å². The van der Waals surface area contributed by atoms with Crippen molar-refractivity contribution in [2.24, 2.45) is 0 Å². The van der Waals surface area contributed by atoms with E-state index in [1.165, 1.54) is 0 Å². The van der Waals surface area contributed by atoms with Gasteiger partial charge in [0.15, 0.2) is 0 Å². The SMILES string of the molecule is COc1cccc(NC(C#N)c2ccc(C)c(Cl)c2)c1. The molecule has 2 aromatic rings. The first-order chi connectivity index (χ1) is 9.63. The molecule has 0 aliphatic carbocycles. The summed E-state index contributed by atoms with van der Waals surface area (Å²) in [7, 11) is 1.61. The molecule has 0 radical (unpaired) electrons. The number of ether oxygens (including phenoxy) is 1. The average molecular weight is 287 g/mol. The molecule has 0 bridgehead atoms. The summed E-state index contributed by atoms with van der Waals surface area (Å²) in [5.41, 5.74) is 2.66. The molecule has 0 fully saturated rings. The molecule has 2 aromatic carbocycles.